The van der Waals surface area contributed by atoms with Crippen molar-refractivity contribution in [2.45, 2.75) is 0 Å². The van der Waals surface area contributed by atoms with Gasteiger partial charge in [-0.3, -0.25) is 0 Å². The predicted molar refractivity (Wildman–Crippen MR) is 116 cm³/mol. The zero-order valence-corrected chi connectivity index (χ0v) is 16.9. The normalized spacial score (nSPS) is 11.4. The second kappa shape index (κ2) is 7.93. The SMILES string of the molecule is N#CC(=CNc1ccc(Br)cc1F)c1nc(-c2ccc3ccccc3c2)cs1. The van der Waals surface area contributed by atoms with Gasteiger partial charge in [-0.25, -0.2) is 9.37 Å². The summed E-state index contributed by atoms with van der Waals surface area (Å²) in [5.74, 6) is -0.404. The summed E-state index contributed by atoms with van der Waals surface area (Å²) in [5, 5.41) is 17.2. The van der Waals surface area contributed by atoms with Crippen LogP contribution in [0.4, 0.5) is 10.1 Å². The van der Waals surface area contributed by atoms with E-state index in [1.807, 2.05) is 23.6 Å². The standard InChI is InChI=1S/C22H13BrFN3S/c23-18-7-8-20(19(24)10-18)26-12-17(11-25)22-27-21(13-28-22)16-6-5-14-3-1-2-4-15(14)9-16/h1-10,12-13,26H. The molecule has 0 amide bonds. The molecule has 3 aromatic carbocycles. The number of benzene rings is 3. The first-order chi connectivity index (χ1) is 13.6. The van der Waals surface area contributed by atoms with Gasteiger partial charge in [-0.05, 0) is 35.0 Å². The van der Waals surface area contributed by atoms with Gasteiger partial charge in [-0.2, -0.15) is 5.26 Å². The molecule has 136 valence electrons. The third kappa shape index (κ3) is 3.81. The fraction of sp³-hybridized carbons (Fsp3) is 0. The molecule has 0 atom stereocenters. The number of aromatic nitrogens is 1. The molecule has 0 radical (unpaired) electrons. The lowest BCUT2D eigenvalue weighted by atomic mass is 10.1. The molecular formula is C22H13BrFN3S. The summed E-state index contributed by atoms with van der Waals surface area (Å²) in [6, 6.07) is 21.1. The van der Waals surface area contributed by atoms with Crippen LogP contribution in [0.15, 0.2) is 76.7 Å². The first-order valence-electron chi connectivity index (χ1n) is 8.41. The minimum atomic E-state index is -0.404. The van der Waals surface area contributed by atoms with E-state index < -0.39 is 5.82 Å². The zero-order chi connectivity index (χ0) is 19.5. The first kappa shape index (κ1) is 18.4. The van der Waals surface area contributed by atoms with Crippen LogP contribution in [0, 0.1) is 17.1 Å². The van der Waals surface area contributed by atoms with E-state index in [2.05, 4.69) is 56.6 Å². The number of thiazole rings is 1. The molecule has 0 aliphatic carbocycles. The summed E-state index contributed by atoms with van der Waals surface area (Å²) in [6.07, 6.45) is 1.48. The van der Waals surface area contributed by atoms with Crippen molar-refractivity contribution in [3.05, 3.63) is 87.5 Å². The number of nitriles is 1. The lowest BCUT2D eigenvalue weighted by Gasteiger charge is -2.03. The van der Waals surface area contributed by atoms with E-state index in [0.29, 0.717) is 20.7 Å². The molecule has 6 heteroatoms. The Labute approximate surface area is 173 Å². The molecule has 0 aliphatic heterocycles. The van der Waals surface area contributed by atoms with Gasteiger partial charge in [0.1, 0.15) is 22.5 Å². The minimum absolute atomic E-state index is 0.294. The lowest BCUT2D eigenvalue weighted by molar-refractivity contribution is 0.631. The van der Waals surface area contributed by atoms with Gasteiger partial charge in [0.05, 0.1) is 11.4 Å². The molecule has 4 aromatic rings. The summed E-state index contributed by atoms with van der Waals surface area (Å²) in [6.45, 7) is 0. The molecule has 4 rings (SSSR count). The van der Waals surface area contributed by atoms with E-state index in [1.165, 1.54) is 29.0 Å². The number of halogens is 2. The number of allylic oxidation sites excluding steroid dienone is 1. The predicted octanol–water partition coefficient (Wildman–Crippen LogP) is 6.84. The second-order valence-corrected chi connectivity index (χ2v) is 7.81. The highest BCUT2D eigenvalue weighted by molar-refractivity contribution is 9.10. The highest BCUT2D eigenvalue weighted by Gasteiger charge is 2.10. The largest absolute Gasteiger partial charge is 0.358 e. The van der Waals surface area contributed by atoms with E-state index in [9.17, 15) is 9.65 Å². The summed E-state index contributed by atoms with van der Waals surface area (Å²) >= 11 is 4.60. The minimum Gasteiger partial charge on any atom is -0.358 e. The van der Waals surface area contributed by atoms with Gasteiger partial charge < -0.3 is 5.32 Å². The van der Waals surface area contributed by atoms with Crippen LogP contribution in [-0.2, 0) is 0 Å². The maximum absolute atomic E-state index is 13.9. The molecule has 0 aliphatic rings. The monoisotopic (exact) mass is 449 g/mol. The Balaban J connectivity index is 1.61. The smallest absolute Gasteiger partial charge is 0.147 e. The molecule has 1 N–H and O–H groups in total. The Kier molecular flexibility index (Phi) is 5.20. The number of rotatable bonds is 4. The van der Waals surface area contributed by atoms with Crippen LogP contribution in [0.5, 0.6) is 0 Å². The average Bonchev–Trinajstić information content (AvgIpc) is 3.19. The van der Waals surface area contributed by atoms with Crippen molar-refractivity contribution >= 4 is 49.3 Å². The van der Waals surface area contributed by atoms with Gasteiger partial charge in [0.25, 0.3) is 0 Å². The van der Waals surface area contributed by atoms with Crippen molar-refractivity contribution in [2.75, 3.05) is 5.32 Å². The van der Waals surface area contributed by atoms with Crippen molar-refractivity contribution < 1.29 is 4.39 Å². The molecule has 1 aromatic heterocycles. The molecule has 0 saturated carbocycles. The van der Waals surface area contributed by atoms with Crippen LogP contribution in [0.1, 0.15) is 5.01 Å². The first-order valence-corrected chi connectivity index (χ1v) is 10.1. The van der Waals surface area contributed by atoms with Gasteiger partial charge in [-0.1, -0.05) is 52.3 Å². The van der Waals surface area contributed by atoms with E-state index in [1.54, 1.807) is 12.1 Å². The molecule has 0 bridgehead atoms. The van der Waals surface area contributed by atoms with Crippen LogP contribution in [0.25, 0.3) is 27.6 Å². The molecular weight excluding hydrogens is 437 g/mol. The molecule has 0 fully saturated rings. The van der Waals surface area contributed by atoms with Gasteiger partial charge in [0, 0.05) is 21.6 Å². The summed E-state index contributed by atoms with van der Waals surface area (Å²) < 4.78 is 14.6. The Bertz CT molecular complexity index is 1240. The molecule has 0 spiro atoms. The fourth-order valence-corrected chi connectivity index (χ4v) is 3.90. The molecule has 3 nitrogen and oxygen atoms in total. The Hall–Kier alpha value is -3.01. The summed E-state index contributed by atoms with van der Waals surface area (Å²) in [7, 11) is 0. The van der Waals surface area contributed by atoms with Crippen LogP contribution in [0.3, 0.4) is 0 Å². The number of nitrogens with one attached hydrogen (secondary N) is 1. The Morgan fingerprint density at radius 2 is 1.93 bits per heavy atom. The summed E-state index contributed by atoms with van der Waals surface area (Å²) in [4.78, 5) is 4.59. The van der Waals surface area contributed by atoms with Crippen LogP contribution in [-0.4, -0.2) is 4.98 Å². The molecule has 1 heterocycles. The van der Waals surface area contributed by atoms with E-state index in [-0.39, 0.29) is 0 Å². The topological polar surface area (TPSA) is 48.7 Å². The number of nitrogens with zero attached hydrogens (tertiary/aromatic N) is 2. The van der Waals surface area contributed by atoms with Crippen molar-refractivity contribution in [2.24, 2.45) is 0 Å². The Morgan fingerprint density at radius 1 is 1.11 bits per heavy atom. The average molecular weight is 450 g/mol. The highest BCUT2D eigenvalue weighted by atomic mass is 79.9. The number of fused-ring (bicyclic) bond motifs is 1. The van der Waals surface area contributed by atoms with Crippen molar-refractivity contribution in [3.63, 3.8) is 0 Å². The van der Waals surface area contributed by atoms with Crippen LogP contribution >= 0.6 is 27.3 Å². The van der Waals surface area contributed by atoms with Crippen molar-refractivity contribution in [1.82, 2.24) is 4.98 Å². The molecule has 0 unspecified atom stereocenters. The quantitative estimate of drug-likeness (QED) is 0.346. The van der Waals surface area contributed by atoms with Crippen LogP contribution in [0.2, 0.25) is 0 Å². The van der Waals surface area contributed by atoms with Crippen molar-refractivity contribution in [1.29, 1.82) is 5.26 Å². The van der Waals surface area contributed by atoms with E-state index in [4.69, 9.17) is 0 Å². The lowest BCUT2D eigenvalue weighted by Crippen LogP contribution is -1.94. The maximum Gasteiger partial charge on any atom is 0.147 e. The Morgan fingerprint density at radius 3 is 2.71 bits per heavy atom. The maximum atomic E-state index is 13.9. The van der Waals surface area contributed by atoms with Gasteiger partial charge >= 0.3 is 0 Å². The summed E-state index contributed by atoms with van der Waals surface area (Å²) in [5.41, 5.74) is 2.44. The van der Waals surface area contributed by atoms with E-state index in [0.717, 1.165) is 16.6 Å². The molecule has 0 saturated heterocycles. The van der Waals surface area contributed by atoms with Gasteiger partial charge in [0.15, 0.2) is 0 Å². The fourth-order valence-electron chi connectivity index (χ4n) is 2.78. The number of hydrogen-bond acceptors (Lipinski definition) is 4. The second-order valence-electron chi connectivity index (χ2n) is 6.04. The van der Waals surface area contributed by atoms with Gasteiger partial charge in [0.2, 0.25) is 0 Å². The number of anilines is 1. The third-order valence-corrected chi connectivity index (χ3v) is 5.57. The number of hydrogen-bond donors (Lipinski definition) is 1. The zero-order valence-electron chi connectivity index (χ0n) is 14.5. The third-order valence-electron chi connectivity index (χ3n) is 4.20. The molecule has 28 heavy (non-hydrogen) atoms. The van der Waals surface area contributed by atoms with Gasteiger partial charge in [-0.15, -0.1) is 11.3 Å². The van der Waals surface area contributed by atoms with E-state index >= 15 is 0 Å². The highest BCUT2D eigenvalue weighted by Crippen LogP contribution is 2.29. The van der Waals surface area contributed by atoms with Crippen LogP contribution < -0.4 is 5.32 Å². The van der Waals surface area contributed by atoms with Crippen molar-refractivity contribution in [3.8, 4) is 17.3 Å².